The summed E-state index contributed by atoms with van der Waals surface area (Å²) in [4.78, 5) is 13.6. The highest BCUT2D eigenvalue weighted by molar-refractivity contribution is 5.76. The molecule has 0 aromatic rings. The van der Waals surface area contributed by atoms with E-state index in [0.29, 0.717) is 26.0 Å². The molecular weight excluding hydrogens is 220 g/mol. The minimum absolute atomic E-state index is 0.138. The van der Waals surface area contributed by atoms with Gasteiger partial charge in [0, 0.05) is 39.1 Å². The van der Waals surface area contributed by atoms with Gasteiger partial charge in [-0.25, -0.2) is 0 Å². The van der Waals surface area contributed by atoms with Gasteiger partial charge in [-0.2, -0.15) is 0 Å². The highest BCUT2D eigenvalue weighted by Crippen LogP contribution is 2.35. The fraction of sp³-hybridized carbons (Fsp3) is 0.917. The lowest BCUT2D eigenvalue weighted by molar-refractivity contribution is -0.153. The Labute approximate surface area is 102 Å². The summed E-state index contributed by atoms with van der Waals surface area (Å²) in [5.74, 6) is 0.138. The lowest BCUT2D eigenvalue weighted by Crippen LogP contribution is -2.51. The number of aliphatic hydroxyl groups is 1. The maximum atomic E-state index is 11.7. The molecule has 1 atom stereocenters. The molecule has 17 heavy (non-hydrogen) atoms. The molecular formula is C12H22N2O3. The van der Waals surface area contributed by atoms with Crippen molar-refractivity contribution in [3.05, 3.63) is 0 Å². The first kappa shape index (κ1) is 12.8. The van der Waals surface area contributed by atoms with Crippen LogP contribution in [0.3, 0.4) is 0 Å². The van der Waals surface area contributed by atoms with Gasteiger partial charge in [0.25, 0.3) is 0 Å². The third kappa shape index (κ3) is 2.97. The summed E-state index contributed by atoms with van der Waals surface area (Å²) >= 11 is 0. The van der Waals surface area contributed by atoms with E-state index < -0.39 is 0 Å². The van der Waals surface area contributed by atoms with E-state index in [1.807, 2.05) is 4.90 Å². The molecule has 3 N–H and O–H groups in total. The number of rotatable bonds is 2. The number of hydrogen-bond acceptors (Lipinski definition) is 4. The van der Waals surface area contributed by atoms with Gasteiger partial charge in [0.1, 0.15) is 0 Å². The molecule has 2 fully saturated rings. The van der Waals surface area contributed by atoms with Gasteiger partial charge in [0.2, 0.25) is 5.91 Å². The molecule has 98 valence electrons. The van der Waals surface area contributed by atoms with Crippen LogP contribution in [0.2, 0.25) is 0 Å². The molecule has 2 rings (SSSR count). The van der Waals surface area contributed by atoms with E-state index in [9.17, 15) is 9.90 Å². The van der Waals surface area contributed by atoms with Crippen molar-refractivity contribution in [3.63, 3.8) is 0 Å². The third-order valence-electron chi connectivity index (χ3n) is 3.85. The number of nitrogens with zero attached hydrogens (tertiary/aromatic N) is 1. The smallest absolute Gasteiger partial charge is 0.223 e. The normalized spacial score (nSPS) is 28.4. The van der Waals surface area contributed by atoms with Crippen molar-refractivity contribution in [3.8, 4) is 0 Å². The summed E-state index contributed by atoms with van der Waals surface area (Å²) in [6.45, 7) is 2.50. The molecule has 0 aromatic heterocycles. The van der Waals surface area contributed by atoms with E-state index in [4.69, 9.17) is 10.5 Å². The molecule has 1 amide bonds. The van der Waals surface area contributed by atoms with Crippen LogP contribution in [-0.2, 0) is 9.53 Å². The van der Waals surface area contributed by atoms with Crippen LogP contribution in [0, 0.1) is 0 Å². The van der Waals surface area contributed by atoms with Crippen molar-refractivity contribution in [1.29, 1.82) is 0 Å². The Morgan fingerprint density at radius 2 is 2.18 bits per heavy atom. The minimum Gasteiger partial charge on any atom is -0.393 e. The first-order valence-corrected chi connectivity index (χ1v) is 6.45. The zero-order valence-electron chi connectivity index (χ0n) is 10.2. The number of carbonyl (C=O) groups is 1. The number of likely N-dealkylation sites (tertiary alicyclic amines) is 1. The largest absolute Gasteiger partial charge is 0.393 e. The van der Waals surface area contributed by atoms with Gasteiger partial charge in [-0.15, -0.1) is 0 Å². The molecule has 0 unspecified atom stereocenters. The molecule has 0 bridgehead atoms. The van der Waals surface area contributed by atoms with Crippen LogP contribution in [0.4, 0.5) is 0 Å². The number of carbonyl (C=O) groups excluding carboxylic acids is 1. The van der Waals surface area contributed by atoms with Crippen LogP contribution in [0.1, 0.15) is 32.1 Å². The first-order chi connectivity index (χ1) is 8.15. The van der Waals surface area contributed by atoms with E-state index in [0.717, 1.165) is 32.4 Å². The second-order valence-electron chi connectivity index (χ2n) is 5.10. The lowest BCUT2D eigenvalue weighted by Gasteiger charge is -2.45. The molecule has 1 spiro atoms. The summed E-state index contributed by atoms with van der Waals surface area (Å²) in [7, 11) is 0. The van der Waals surface area contributed by atoms with Gasteiger partial charge < -0.3 is 20.5 Å². The molecule has 0 radical (unpaired) electrons. The summed E-state index contributed by atoms with van der Waals surface area (Å²) in [6.07, 6.45) is 3.30. The van der Waals surface area contributed by atoms with E-state index in [1.54, 1.807) is 0 Å². The van der Waals surface area contributed by atoms with Crippen molar-refractivity contribution in [2.45, 2.75) is 43.8 Å². The van der Waals surface area contributed by atoms with Crippen LogP contribution in [0.5, 0.6) is 0 Å². The Hall–Kier alpha value is -0.650. The van der Waals surface area contributed by atoms with Gasteiger partial charge in [0.15, 0.2) is 0 Å². The van der Waals surface area contributed by atoms with Crippen molar-refractivity contribution >= 4 is 5.91 Å². The van der Waals surface area contributed by atoms with Crippen LogP contribution in [0.15, 0.2) is 0 Å². The average Bonchev–Trinajstić information content (AvgIpc) is 2.30. The summed E-state index contributed by atoms with van der Waals surface area (Å²) in [5.41, 5.74) is 5.20. The Kier molecular flexibility index (Phi) is 4.01. The predicted octanol–water partition coefficient (Wildman–Crippen LogP) is -0.132. The molecule has 5 heteroatoms. The number of amides is 1. The van der Waals surface area contributed by atoms with Crippen LogP contribution in [0.25, 0.3) is 0 Å². The SMILES string of the molecule is NCCC(=O)N1CCC2(CC1)C[C@@H](O)CCO2. The molecule has 2 aliphatic heterocycles. The fourth-order valence-corrected chi connectivity index (χ4v) is 2.80. The summed E-state index contributed by atoms with van der Waals surface area (Å²) < 4.78 is 5.84. The second kappa shape index (κ2) is 5.33. The Balaban J connectivity index is 1.86. The van der Waals surface area contributed by atoms with Gasteiger partial charge in [-0.05, 0) is 19.3 Å². The Morgan fingerprint density at radius 3 is 2.76 bits per heavy atom. The number of nitrogens with two attached hydrogens (primary N) is 1. The minimum atomic E-state index is -0.241. The maximum Gasteiger partial charge on any atom is 0.223 e. The fourth-order valence-electron chi connectivity index (χ4n) is 2.80. The number of ether oxygens (including phenoxy) is 1. The predicted molar refractivity (Wildman–Crippen MR) is 63.4 cm³/mol. The van der Waals surface area contributed by atoms with Crippen LogP contribution < -0.4 is 5.73 Å². The highest BCUT2D eigenvalue weighted by Gasteiger charge is 2.40. The average molecular weight is 242 g/mol. The van der Waals surface area contributed by atoms with E-state index >= 15 is 0 Å². The molecule has 5 nitrogen and oxygen atoms in total. The summed E-state index contributed by atoms with van der Waals surface area (Å²) in [5, 5.41) is 9.71. The lowest BCUT2D eigenvalue weighted by atomic mass is 9.83. The number of hydrogen-bond donors (Lipinski definition) is 2. The second-order valence-corrected chi connectivity index (χ2v) is 5.10. The molecule has 0 aliphatic carbocycles. The van der Waals surface area contributed by atoms with E-state index in [1.165, 1.54) is 0 Å². The van der Waals surface area contributed by atoms with Crippen molar-refractivity contribution in [1.82, 2.24) is 4.90 Å². The molecule has 0 saturated carbocycles. The number of piperidine rings is 1. The topological polar surface area (TPSA) is 75.8 Å². The molecule has 2 aliphatic rings. The van der Waals surface area contributed by atoms with Crippen molar-refractivity contribution in [2.24, 2.45) is 5.73 Å². The zero-order valence-corrected chi connectivity index (χ0v) is 10.2. The van der Waals surface area contributed by atoms with Crippen LogP contribution in [-0.4, -0.2) is 53.9 Å². The Morgan fingerprint density at radius 1 is 1.47 bits per heavy atom. The molecule has 0 aromatic carbocycles. The van der Waals surface area contributed by atoms with Crippen LogP contribution >= 0.6 is 0 Å². The van der Waals surface area contributed by atoms with Gasteiger partial charge in [-0.1, -0.05) is 0 Å². The standard InChI is InChI=1S/C12H22N2O3/c13-5-1-11(16)14-6-3-12(4-7-14)9-10(15)2-8-17-12/h10,15H,1-9,13H2/t10-/m0/s1. The van der Waals surface area contributed by atoms with Crippen molar-refractivity contribution < 1.29 is 14.6 Å². The quantitative estimate of drug-likeness (QED) is 0.707. The zero-order chi connectivity index (χ0) is 12.3. The molecule has 2 saturated heterocycles. The highest BCUT2D eigenvalue weighted by atomic mass is 16.5. The van der Waals surface area contributed by atoms with E-state index in [-0.39, 0.29) is 17.6 Å². The monoisotopic (exact) mass is 242 g/mol. The summed E-state index contributed by atoms with van der Waals surface area (Å²) in [6, 6.07) is 0. The van der Waals surface area contributed by atoms with Gasteiger partial charge in [0.05, 0.1) is 11.7 Å². The third-order valence-corrected chi connectivity index (χ3v) is 3.85. The van der Waals surface area contributed by atoms with Crippen molar-refractivity contribution in [2.75, 3.05) is 26.2 Å². The van der Waals surface area contributed by atoms with Gasteiger partial charge in [-0.3, -0.25) is 4.79 Å². The van der Waals surface area contributed by atoms with E-state index in [2.05, 4.69) is 0 Å². The van der Waals surface area contributed by atoms with Gasteiger partial charge >= 0.3 is 0 Å². The maximum absolute atomic E-state index is 11.7. The Bertz CT molecular complexity index is 275. The molecule has 2 heterocycles. The number of aliphatic hydroxyl groups excluding tert-OH is 1. The first-order valence-electron chi connectivity index (χ1n) is 6.45.